The average Bonchev–Trinajstić information content (AvgIpc) is 3.17. The molecular weight excluding hydrogens is 360 g/mol. The molecule has 1 aliphatic heterocycles. The van der Waals surface area contributed by atoms with E-state index in [2.05, 4.69) is 65.0 Å². The summed E-state index contributed by atoms with van der Waals surface area (Å²) in [5.41, 5.74) is 10.4. The van der Waals surface area contributed by atoms with Gasteiger partial charge in [-0.25, -0.2) is 9.97 Å². The minimum absolute atomic E-state index is 0.0227. The van der Waals surface area contributed by atoms with Crippen LogP contribution in [0, 0.1) is 0 Å². The van der Waals surface area contributed by atoms with Crippen LogP contribution in [0.5, 0.6) is 0 Å². The molecule has 1 atom stereocenters. The van der Waals surface area contributed by atoms with Gasteiger partial charge in [0.05, 0.1) is 18.2 Å². The maximum Gasteiger partial charge on any atom is 0.222 e. The first kappa shape index (κ1) is 17.8. The molecule has 3 aromatic rings. The zero-order chi connectivity index (χ0) is 19.3. The van der Waals surface area contributed by atoms with Crippen LogP contribution in [0.25, 0.3) is 0 Å². The van der Waals surface area contributed by atoms with E-state index in [1.165, 1.54) is 11.1 Å². The van der Waals surface area contributed by atoms with E-state index in [0.29, 0.717) is 10.8 Å². The fourth-order valence-corrected chi connectivity index (χ4v) is 3.95. The van der Waals surface area contributed by atoms with E-state index >= 15 is 0 Å². The number of imidazole rings is 1. The molecule has 0 bridgehead atoms. The van der Waals surface area contributed by atoms with E-state index in [9.17, 15) is 0 Å². The Labute approximate surface area is 164 Å². The monoisotopic (exact) mass is 382 g/mol. The van der Waals surface area contributed by atoms with Gasteiger partial charge in [-0.05, 0) is 17.2 Å². The molecule has 3 heterocycles. The predicted molar refractivity (Wildman–Crippen MR) is 109 cm³/mol. The Kier molecular flexibility index (Phi) is 4.11. The molecule has 1 aliphatic rings. The highest BCUT2D eigenvalue weighted by Crippen LogP contribution is 2.46. The third-order valence-electron chi connectivity index (χ3n) is 5.26. The molecule has 0 saturated carbocycles. The minimum atomic E-state index is -0.0227. The highest BCUT2D eigenvalue weighted by Gasteiger charge is 2.37. The summed E-state index contributed by atoms with van der Waals surface area (Å²) in [6.45, 7) is 7.41. The minimum Gasteiger partial charge on any atom is -0.368 e. The number of nitrogens with zero attached hydrogens (tertiary/aromatic N) is 5. The second-order valence-electron chi connectivity index (χ2n) is 7.83. The van der Waals surface area contributed by atoms with E-state index in [1.807, 2.05) is 17.9 Å². The molecule has 6 nitrogen and oxygen atoms in total. The van der Waals surface area contributed by atoms with Gasteiger partial charge >= 0.3 is 0 Å². The Hall–Kier alpha value is -2.60. The van der Waals surface area contributed by atoms with Gasteiger partial charge in [-0.2, -0.15) is 4.98 Å². The summed E-state index contributed by atoms with van der Waals surface area (Å²) in [6, 6.07) is 6.62. The molecule has 0 fully saturated rings. The quantitative estimate of drug-likeness (QED) is 0.740. The lowest BCUT2D eigenvalue weighted by Gasteiger charge is -2.22. The van der Waals surface area contributed by atoms with Crippen molar-refractivity contribution in [1.82, 2.24) is 19.5 Å². The molecule has 2 aromatic heterocycles. The summed E-state index contributed by atoms with van der Waals surface area (Å²) in [6.07, 6.45) is 5.45. The molecule has 0 saturated heterocycles. The Morgan fingerprint density at radius 3 is 2.74 bits per heavy atom. The van der Waals surface area contributed by atoms with Crippen molar-refractivity contribution in [2.45, 2.75) is 32.1 Å². The number of halogens is 1. The first-order chi connectivity index (χ1) is 12.8. The van der Waals surface area contributed by atoms with Gasteiger partial charge in [-0.15, -0.1) is 0 Å². The molecule has 1 aromatic carbocycles. The van der Waals surface area contributed by atoms with Crippen molar-refractivity contribution in [1.29, 1.82) is 0 Å². The largest absolute Gasteiger partial charge is 0.368 e. The number of aryl methyl sites for hydroxylation is 1. The van der Waals surface area contributed by atoms with Gasteiger partial charge in [0.25, 0.3) is 0 Å². The van der Waals surface area contributed by atoms with Crippen LogP contribution in [0.2, 0.25) is 5.02 Å². The number of hydrogen-bond acceptors (Lipinski definition) is 5. The average molecular weight is 383 g/mol. The van der Waals surface area contributed by atoms with Crippen LogP contribution < -0.4 is 10.6 Å². The fraction of sp³-hybridized carbons (Fsp3) is 0.350. The smallest absolute Gasteiger partial charge is 0.222 e. The van der Waals surface area contributed by atoms with E-state index < -0.39 is 0 Å². The summed E-state index contributed by atoms with van der Waals surface area (Å²) in [7, 11) is 1.98. The third kappa shape index (κ3) is 3.04. The van der Waals surface area contributed by atoms with Crippen molar-refractivity contribution < 1.29 is 0 Å². The molecule has 0 aliphatic carbocycles. The maximum atomic E-state index is 6.40. The highest BCUT2D eigenvalue weighted by atomic mass is 35.5. The van der Waals surface area contributed by atoms with Crippen LogP contribution >= 0.6 is 11.6 Å². The van der Waals surface area contributed by atoms with Crippen LogP contribution in [0.3, 0.4) is 0 Å². The summed E-state index contributed by atoms with van der Waals surface area (Å²) >= 11 is 6.40. The standard InChI is InChI=1S/C20H23ClN6/c1-12(16-9-26(4)11-24-16)13-5-6-14-17(7-13)27(10-20(14,2)3)18-15(21)8-23-19(22)25-18/h5-9,11-12H,10H2,1-4H3,(H2,22,23,25). The molecule has 0 spiro atoms. The van der Waals surface area contributed by atoms with Crippen LogP contribution in [0.1, 0.15) is 43.5 Å². The highest BCUT2D eigenvalue weighted by molar-refractivity contribution is 6.33. The Morgan fingerprint density at radius 2 is 2.04 bits per heavy atom. The van der Waals surface area contributed by atoms with E-state index in [4.69, 9.17) is 17.3 Å². The molecule has 2 N–H and O–H groups in total. The summed E-state index contributed by atoms with van der Waals surface area (Å²) < 4.78 is 1.97. The number of fused-ring (bicyclic) bond motifs is 1. The molecule has 7 heteroatoms. The molecule has 0 radical (unpaired) electrons. The zero-order valence-corrected chi connectivity index (χ0v) is 16.7. The van der Waals surface area contributed by atoms with E-state index in [-0.39, 0.29) is 17.3 Å². The van der Waals surface area contributed by atoms with Gasteiger partial charge in [-0.3, -0.25) is 0 Å². The van der Waals surface area contributed by atoms with Gasteiger partial charge in [0.1, 0.15) is 5.02 Å². The lowest BCUT2D eigenvalue weighted by atomic mass is 9.85. The molecular formula is C20H23ClN6. The first-order valence-electron chi connectivity index (χ1n) is 8.94. The third-order valence-corrected chi connectivity index (χ3v) is 5.53. The number of benzene rings is 1. The normalized spacial score (nSPS) is 16.4. The van der Waals surface area contributed by atoms with E-state index in [0.717, 1.165) is 17.9 Å². The van der Waals surface area contributed by atoms with Crippen molar-refractivity contribution in [2.24, 2.45) is 7.05 Å². The second kappa shape index (κ2) is 6.23. The second-order valence-corrected chi connectivity index (χ2v) is 8.24. The Morgan fingerprint density at radius 1 is 1.26 bits per heavy atom. The van der Waals surface area contributed by atoms with Crippen LogP contribution in [0.4, 0.5) is 17.5 Å². The first-order valence-corrected chi connectivity index (χ1v) is 9.32. The van der Waals surface area contributed by atoms with Crippen LogP contribution in [0.15, 0.2) is 36.9 Å². The van der Waals surface area contributed by atoms with E-state index in [1.54, 1.807) is 6.20 Å². The van der Waals surface area contributed by atoms with Gasteiger partial charge in [0.15, 0.2) is 5.82 Å². The molecule has 1 unspecified atom stereocenters. The number of hydrogen-bond donors (Lipinski definition) is 1. The fourth-order valence-electron chi connectivity index (χ4n) is 3.76. The van der Waals surface area contributed by atoms with Crippen molar-refractivity contribution >= 4 is 29.1 Å². The summed E-state index contributed by atoms with van der Waals surface area (Å²) in [5.74, 6) is 1.06. The number of rotatable bonds is 3. The Balaban J connectivity index is 1.81. The van der Waals surface area contributed by atoms with Crippen molar-refractivity contribution in [2.75, 3.05) is 17.2 Å². The molecule has 4 rings (SSSR count). The van der Waals surface area contributed by atoms with Gasteiger partial charge in [-0.1, -0.05) is 44.5 Å². The number of nitrogen functional groups attached to an aromatic ring is 1. The van der Waals surface area contributed by atoms with Gasteiger partial charge in [0, 0.05) is 36.8 Å². The Bertz CT molecular complexity index is 1010. The van der Waals surface area contributed by atoms with Crippen molar-refractivity contribution in [3.05, 3.63) is 58.8 Å². The van der Waals surface area contributed by atoms with Crippen molar-refractivity contribution in [3.8, 4) is 0 Å². The van der Waals surface area contributed by atoms with Crippen LogP contribution in [-0.2, 0) is 12.5 Å². The maximum absolute atomic E-state index is 6.40. The predicted octanol–water partition coefficient (Wildman–Crippen LogP) is 4.03. The van der Waals surface area contributed by atoms with Crippen molar-refractivity contribution in [3.63, 3.8) is 0 Å². The topological polar surface area (TPSA) is 72.9 Å². The molecule has 140 valence electrons. The lowest BCUT2D eigenvalue weighted by Crippen LogP contribution is -2.26. The molecule has 27 heavy (non-hydrogen) atoms. The van der Waals surface area contributed by atoms with Gasteiger partial charge < -0.3 is 15.2 Å². The molecule has 0 amide bonds. The number of anilines is 3. The SMILES string of the molecule is CC(c1ccc2c(c1)N(c1nc(N)ncc1Cl)CC2(C)C)c1cn(C)cn1. The summed E-state index contributed by atoms with van der Waals surface area (Å²) in [5, 5.41) is 0.496. The zero-order valence-electron chi connectivity index (χ0n) is 15.9. The lowest BCUT2D eigenvalue weighted by molar-refractivity contribution is 0.568. The van der Waals surface area contributed by atoms with Crippen LogP contribution in [-0.4, -0.2) is 26.1 Å². The number of aromatic nitrogens is 4. The van der Waals surface area contributed by atoms with Gasteiger partial charge in [0.2, 0.25) is 5.95 Å². The number of nitrogens with two attached hydrogens (primary N) is 1. The summed E-state index contributed by atoms with van der Waals surface area (Å²) in [4.78, 5) is 15.0.